The summed E-state index contributed by atoms with van der Waals surface area (Å²) in [6.07, 6.45) is 3.78. The zero-order valence-electron chi connectivity index (χ0n) is 15.4. The van der Waals surface area contributed by atoms with Gasteiger partial charge in [0.2, 0.25) is 0 Å². The fourth-order valence-electron chi connectivity index (χ4n) is 3.08. The Balaban J connectivity index is 0.00000243. The summed E-state index contributed by atoms with van der Waals surface area (Å²) < 4.78 is 1.92. The van der Waals surface area contributed by atoms with Gasteiger partial charge in [-0.15, -0.1) is 24.0 Å². The molecule has 26 heavy (non-hydrogen) atoms. The smallest absolute Gasteiger partial charge is 0.194 e. The van der Waals surface area contributed by atoms with Gasteiger partial charge in [-0.05, 0) is 18.6 Å². The molecule has 0 unspecified atom stereocenters. The number of aliphatic imine (C=N–C) groups is 1. The topological polar surface area (TPSA) is 48.7 Å². The summed E-state index contributed by atoms with van der Waals surface area (Å²) in [5, 5.41) is 7.65. The highest BCUT2D eigenvalue weighted by molar-refractivity contribution is 14.0. The van der Waals surface area contributed by atoms with Gasteiger partial charge < -0.3 is 10.2 Å². The molecule has 0 aliphatic carbocycles. The zero-order chi connectivity index (χ0) is 17.3. The molecule has 0 atom stereocenters. The third-order valence-corrected chi connectivity index (χ3v) is 4.41. The summed E-state index contributed by atoms with van der Waals surface area (Å²) in [4.78, 5) is 9.66. The van der Waals surface area contributed by atoms with Crippen molar-refractivity contribution in [3.63, 3.8) is 0 Å². The van der Waals surface area contributed by atoms with Crippen molar-refractivity contribution in [3.05, 3.63) is 54.4 Å². The fraction of sp³-hybridized carbons (Fsp3) is 0.474. The second-order valence-corrected chi connectivity index (χ2v) is 6.25. The molecule has 1 saturated heterocycles. The maximum atomic E-state index is 4.77. The highest BCUT2D eigenvalue weighted by Crippen LogP contribution is 2.08. The van der Waals surface area contributed by atoms with Crippen LogP contribution in [0.1, 0.15) is 12.5 Å². The molecule has 1 fully saturated rings. The van der Waals surface area contributed by atoms with Crippen molar-refractivity contribution in [1.29, 1.82) is 0 Å². The third-order valence-electron chi connectivity index (χ3n) is 4.41. The van der Waals surface area contributed by atoms with E-state index < -0.39 is 0 Å². The minimum atomic E-state index is 0. The molecule has 6 nitrogen and oxygen atoms in total. The summed E-state index contributed by atoms with van der Waals surface area (Å²) in [6.45, 7) is 9.77. The molecule has 1 aliphatic rings. The summed E-state index contributed by atoms with van der Waals surface area (Å²) in [6, 6.07) is 12.6. The van der Waals surface area contributed by atoms with E-state index in [1.54, 1.807) is 6.20 Å². The van der Waals surface area contributed by atoms with Crippen LogP contribution < -0.4 is 5.32 Å². The van der Waals surface area contributed by atoms with Gasteiger partial charge in [0.1, 0.15) is 0 Å². The summed E-state index contributed by atoms with van der Waals surface area (Å²) in [7, 11) is 0. The number of halogens is 1. The van der Waals surface area contributed by atoms with Crippen LogP contribution in [0.3, 0.4) is 0 Å². The third kappa shape index (κ3) is 6.28. The standard InChI is InChI=1S/C19H28N6.HI/c1-2-20-19(21-10-12-25-11-6-9-22-25)24-15-13-23(14-16-24)17-18-7-4-3-5-8-18;/h3-9,11H,2,10,12-17H2,1H3,(H,20,21);1H. The molecule has 0 bridgehead atoms. The van der Waals surface area contributed by atoms with Crippen LogP contribution in [0.5, 0.6) is 0 Å². The van der Waals surface area contributed by atoms with Gasteiger partial charge in [-0.25, -0.2) is 0 Å². The van der Waals surface area contributed by atoms with Crippen molar-refractivity contribution in [1.82, 2.24) is 24.9 Å². The maximum Gasteiger partial charge on any atom is 0.194 e. The lowest BCUT2D eigenvalue weighted by atomic mass is 10.2. The summed E-state index contributed by atoms with van der Waals surface area (Å²) >= 11 is 0. The van der Waals surface area contributed by atoms with E-state index in [0.717, 1.165) is 58.3 Å². The van der Waals surface area contributed by atoms with Crippen LogP contribution in [0.2, 0.25) is 0 Å². The number of benzene rings is 1. The van der Waals surface area contributed by atoms with E-state index in [1.165, 1.54) is 5.56 Å². The van der Waals surface area contributed by atoms with E-state index in [0.29, 0.717) is 0 Å². The molecule has 1 N–H and O–H groups in total. The van der Waals surface area contributed by atoms with Gasteiger partial charge in [-0.2, -0.15) is 5.10 Å². The van der Waals surface area contributed by atoms with Crippen molar-refractivity contribution in [2.24, 2.45) is 4.99 Å². The van der Waals surface area contributed by atoms with Crippen LogP contribution >= 0.6 is 24.0 Å². The number of aromatic nitrogens is 2. The van der Waals surface area contributed by atoms with Crippen LogP contribution in [0.4, 0.5) is 0 Å². The largest absolute Gasteiger partial charge is 0.357 e. The molecule has 0 radical (unpaired) electrons. The molecule has 0 spiro atoms. The van der Waals surface area contributed by atoms with Crippen LogP contribution in [0.25, 0.3) is 0 Å². The molecular weight excluding hydrogens is 439 g/mol. The zero-order valence-corrected chi connectivity index (χ0v) is 17.8. The molecule has 2 aromatic rings. The van der Waals surface area contributed by atoms with Crippen molar-refractivity contribution in [3.8, 4) is 0 Å². The van der Waals surface area contributed by atoms with Gasteiger partial charge in [-0.3, -0.25) is 14.6 Å². The molecule has 1 aromatic carbocycles. The monoisotopic (exact) mass is 468 g/mol. The van der Waals surface area contributed by atoms with Gasteiger partial charge in [0.05, 0.1) is 13.1 Å². The van der Waals surface area contributed by atoms with E-state index in [9.17, 15) is 0 Å². The van der Waals surface area contributed by atoms with Crippen LogP contribution in [0, 0.1) is 0 Å². The predicted octanol–water partition coefficient (Wildman–Crippen LogP) is 2.28. The summed E-state index contributed by atoms with van der Waals surface area (Å²) in [5.74, 6) is 1.02. The molecule has 142 valence electrons. The average Bonchev–Trinajstić information content (AvgIpc) is 3.16. The second kappa shape index (κ2) is 11.2. The molecule has 7 heteroatoms. The number of nitrogens with one attached hydrogen (secondary N) is 1. The average molecular weight is 468 g/mol. The Bertz CT molecular complexity index is 635. The van der Waals surface area contributed by atoms with E-state index in [1.807, 2.05) is 16.9 Å². The molecule has 1 aromatic heterocycles. The van der Waals surface area contributed by atoms with E-state index in [-0.39, 0.29) is 24.0 Å². The predicted molar refractivity (Wildman–Crippen MR) is 117 cm³/mol. The Morgan fingerprint density at radius 3 is 2.54 bits per heavy atom. The Hall–Kier alpha value is -1.61. The lowest BCUT2D eigenvalue weighted by molar-refractivity contribution is 0.172. The van der Waals surface area contributed by atoms with Crippen molar-refractivity contribution < 1.29 is 0 Å². The minimum Gasteiger partial charge on any atom is -0.357 e. The Morgan fingerprint density at radius 2 is 1.88 bits per heavy atom. The van der Waals surface area contributed by atoms with Gasteiger partial charge in [0, 0.05) is 51.7 Å². The molecular formula is C19H29IN6. The van der Waals surface area contributed by atoms with E-state index in [2.05, 4.69) is 57.5 Å². The first-order valence-electron chi connectivity index (χ1n) is 9.12. The number of nitrogens with zero attached hydrogens (tertiary/aromatic N) is 5. The van der Waals surface area contributed by atoms with Crippen molar-refractivity contribution >= 4 is 29.9 Å². The van der Waals surface area contributed by atoms with Gasteiger partial charge >= 0.3 is 0 Å². The highest BCUT2D eigenvalue weighted by atomic mass is 127. The first kappa shape index (κ1) is 20.7. The number of hydrogen-bond donors (Lipinski definition) is 1. The molecule has 0 saturated carbocycles. The lowest BCUT2D eigenvalue weighted by Crippen LogP contribution is -2.52. The van der Waals surface area contributed by atoms with Gasteiger partial charge in [0.15, 0.2) is 5.96 Å². The highest BCUT2D eigenvalue weighted by Gasteiger charge is 2.19. The SMILES string of the molecule is CCNC(=NCCn1cccn1)N1CCN(Cc2ccccc2)CC1.I. The maximum absolute atomic E-state index is 4.77. The molecule has 2 heterocycles. The first-order valence-corrected chi connectivity index (χ1v) is 9.12. The lowest BCUT2D eigenvalue weighted by Gasteiger charge is -2.36. The van der Waals surface area contributed by atoms with Gasteiger partial charge in [-0.1, -0.05) is 30.3 Å². The van der Waals surface area contributed by atoms with Crippen molar-refractivity contribution in [2.75, 3.05) is 39.3 Å². The quantitative estimate of drug-likeness (QED) is 0.402. The van der Waals surface area contributed by atoms with Crippen LogP contribution in [0.15, 0.2) is 53.8 Å². The number of guanidine groups is 1. The van der Waals surface area contributed by atoms with Crippen LogP contribution in [-0.4, -0.2) is 64.8 Å². The summed E-state index contributed by atoms with van der Waals surface area (Å²) in [5.41, 5.74) is 1.38. The second-order valence-electron chi connectivity index (χ2n) is 6.25. The number of rotatable bonds is 6. The van der Waals surface area contributed by atoms with E-state index >= 15 is 0 Å². The Kier molecular flexibility index (Phi) is 8.90. The number of hydrogen-bond acceptors (Lipinski definition) is 3. The number of piperazine rings is 1. The van der Waals surface area contributed by atoms with Gasteiger partial charge in [0.25, 0.3) is 0 Å². The normalized spacial score (nSPS) is 15.6. The minimum absolute atomic E-state index is 0. The molecule has 3 rings (SSSR count). The molecule has 0 amide bonds. The first-order chi connectivity index (χ1) is 12.3. The van der Waals surface area contributed by atoms with Crippen LogP contribution in [-0.2, 0) is 13.1 Å². The Labute approximate surface area is 173 Å². The molecule has 1 aliphatic heterocycles. The Morgan fingerprint density at radius 1 is 1.12 bits per heavy atom. The van der Waals surface area contributed by atoms with Crippen molar-refractivity contribution in [2.45, 2.75) is 20.0 Å². The fourth-order valence-corrected chi connectivity index (χ4v) is 3.08. The van der Waals surface area contributed by atoms with E-state index in [4.69, 9.17) is 4.99 Å².